The standard InChI is InChI=1S/C8H13ClN2O3S/c1-15(13,14)11-5-6(4-8(11)9)7(10)2-3-12/h4-5,7,12H,2-3,10H2,1H3. The van der Waals surface area contributed by atoms with Gasteiger partial charge in [-0.15, -0.1) is 0 Å². The highest BCUT2D eigenvalue weighted by molar-refractivity contribution is 7.89. The van der Waals surface area contributed by atoms with Gasteiger partial charge >= 0.3 is 0 Å². The molecule has 7 heteroatoms. The molecule has 1 aromatic heterocycles. The van der Waals surface area contributed by atoms with E-state index in [0.717, 1.165) is 10.2 Å². The lowest BCUT2D eigenvalue weighted by atomic mass is 10.1. The van der Waals surface area contributed by atoms with E-state index in [4.69, 9.17) is 22.4 Å². The lowest BCUT2D eigenvalue weighted by molar-refractivity contribution is 0.276. The van der Waals surface area contributed by atoms with Crippen molar-refractivity contribution in [2.24, 2.45) is 5.73 Å². The minimum absolute atomic E-state index is 0.0527. The summed E-state index contributed by atoms with van der Waals surface area (Å²) < 4.78 is 23.4. The fraction of sp³-hybridized carbons (Fsp3) is 0.500. The molecule has 15 heavy (non-hydrogen) atoms. The Morgan fingerprint density at radius 3 is 2.67 bits per heavy atom. The maximum absolute atomic E-state index is 11.2. The highest BCUT2D eigenvalue weighted by Crippen LogP contribution is 2.22. The summed E-state index contributed by atoms with van der Waals surface area (Å²) in [5, 5.41) is 8.79. The van der Waals surface area contributed by atoms with Crippen molar-refractivity contribution in [3.63, 3.8) is 0 Å². The van der Waals surface area contributed by atoms with Crippen LogP contribution in [0.25, 0.3) is 0 Å². The molecule has 86 valence electrons. The minimum Gasteiger partial charge on any atom is -0.396 e. The number of aliphatic hydroxyl groups is 1. The van der Waals surface area contributed by atoms with Crippen LogP contribution < -0.4 is 5.73 Å². The summed E-state index contributed by atoms with van der Waals surface area (Å²) in [5.74, 6) is 0. The quantitative estimate of drug-likeness (QED) is 0.809. The summed E-state index contributed by atoms with van der Waals surface area (Å²) >= 11 is 5.74. The molecule has 0 radical (unpaired) electrons. The van der Waals surface area contributed by atoms with Crippen LogP contribution in [0.1, 0.15) is 18.0 Å². The van der Waals surface area contributed by atoms with Gasteiger partial charge in [0.2, 0.25) is 10.0 Å². The third kappa shape index (κ3) is 2.94. The Bertz CT molecular complexity index is 441. The molecule has 0 spiro atoms. The molecule has 1 rings (SSSR count). The van der Waals surface area contributed by atoms with E-state index in [0.29, 0.717) is 12.0 Å². The predicted octanol–water partition coefficient (Wildman–Crippen LogP) is 0.331. The SMILES string of the molecule is CS(=O)(=O)n1cc(C(N)CCO)cc1Cl. The zero-order chi connectivity index (χ0) is 11.6. The summed E-state index contributed by atoms with van der Waals surface area (Å²) in [7, 11) is -3.39. The van der Waals surface area contributed by atoms with Gasteiger partial charge in [0, 0.05) is 18.8 Å². The Morgan fingerprint density at radius 1 is 1.67 bits per heavy atom. The number of aliphatic hydroxyl groups excluding tert-OH is 1. The molecule has 0 aliphatic heterocycles. The van der Waals surface area contributed by atoms with Crippen molar-refractivity contribution < 1.29 is 13.5 Å². The number of nitrogens with zero attached hydrogens (tertiary/aromatic N) is 1. The van der Waals surface area contributed by atoms with Gasteiger partial charge in [-0.25, -0.2) is 12.4 Å². The molecular weight excluding hydrogens is 240 g/mol. The monoisotopic (exact) mass is 252 g/mol. The molecule has 0 aliphatic carbocycles. The fourth-order valence-electron chi connectivity index (χ4n) is 1.20. The van der Waals surface area contributed by atoms with Crippen molar-refractivity contribution in [3.8, 4) is 0 Å². The molecule has 0 bridgehead atoms. The predicted molar refractivity (Wildman–Crippen MR) is 58.3 cm³/mol. The molecule has 1 heterocycles. The normalized spacial score (nSPS) is 14.1. The second-order valence-corrected chi connectivity index (χ2v) is 5.52. The van der Waals surface area contributed by atoms with E-state index in [9.17, 15) is 8.42 Å². The van der Waals surface area contributed by atoms with Gasteiger partial charge in [0.1, 0.15) is 5.15 Å². The summed E-state index contributed by atoms with van der Waals surface area (Å²) in [6.07, 6.45) is 2.79. The second kappa shape index (κ2) is 4.52. The van der Waals surface area contributed by atoms with Crippen LogP contribution in [-0.2, 0) is 10.0 Å². The lowest BCUT2D eigenvalue weighted by Gasteiger charge is -2.06. The van der Waals surface area contributed by atoms with Crippen LogP contribution in [-0.4, -0.2) is 30.4 Å². The molecule has 0 aromatic carbocycles. The molecule has 0 saturated carbocycles. The number of hydrogen-bond donors (Lipinski definition) is 2. The van der Waals surface area contributed by atoms with Crippen LogP contribution >= 0.6 is 11.6 Å². The van der Waals surface area contributed by atoms with E-state index in [1.165, 1.54) is 12.3 Å². The second-order valence-electron chi connectivity index (χ2n) is 3.27. The maximum atomic E-state index is 11.2. The summed E-state index contributed by atoms with van der Waals surface area (Å²) in [5.41, 5.74) is 6.30. The summed E-state index contributed by atoms with van der Waals surface area (Å²) in [6.45, 7) is -0.0527. The Balaban J connectivity index is 3.06. The molecule has 1 unspecified atom stereocenters. The molecule has 0 amide bonds. The summed E-state index contributed by atoms with van der Waals surface area (Å²) in [4.78, 5) is 0. The van der Waals surface area contributed by atoms with Crippen LogP contribution in [0.3, 0.4) is 0 Å². The first kappa shape index (κ1) is 12.5. The van der Waals surface area contributed by atoms with Crippen molar-refractivity contribution in [3.05, 3.63) is 23.0 Å². The first-order chi connectivity index (χ1) is 6.86. The number of aromatic nitrogens is 1. The maximum Gasteiger partial charge on any atom is 0.236 e. The largest absolute Gasteiger partial charge is 0.396 e. The minimum atomic E-state index is -3.39. The number of rotatable bonds is 4. The highest BCUT2D eigenvalue weighted by atomic mass is 35.5. The molecule has 1 atom stereocenters. The average molecular weight is 253 g/mol. The van der Waals surface area contributed by atoms with Crippen LogP contribution in [0.15, 0.2) is 12.3 Å². The Hall–Kier alpha value is -0.560. The number of nitrogens with two attached hydrogens (primary N) is 1. The van der Waals surface area contributed by atoms with E-state index in [2.05, 4.69) is 0 Å². The lowest BCUT2D eigenvalue weighted by Crippen LogP contribution is -2.12. The van der Waals surface area contributed by atoms with Crippen molar-refractivity contribution in [2.75, 3.05) is 12.9 Å². The molecule has 3 N–H and O–H groups in total. The zero-order valence-corrected chi connectivity index (χ0v) is 9.79. The smallest absolute Gasteiger partial charge is 0.236 e. The average Bonchev–Trinajstić information content (AvgIpc) is 2.47. The van der Waals surface area contributed by atoms with Crippen molar-refractivity contribution in [2.45, 2.75) is 12.5 Å². The van der Waals surface area contributed by atoms with Gasteiger partial charge < -0.3 is 10.8 Å². The fourth-order valence-corrected chi connectivity index (χ4v) is 2.43. The molecule has 0 fully saturated rings. The third-order valence-electron chi connectivity index (χ3n) is 1.99. The Morgan fingerprint density at radius 2 is 2.27 bits per heavy atom. The molecule has 5 nitrogen and oxygen atoms in total. The van der Waals surface area contributed by atoms with E-state index < -0.39 is 16.1 Å². The van der Waals surface area contributed by atoms with Crippen LogP contribution in [0, 0.1) is 0 Å². The van der Waals surface area contributed by atoms with Gasteiger partial charge in [-0.3, -0.25) is 0 Å². The summed E-state index contributed by atoms with van der Waals surface area (Å²) in [6, 6.07) is 1.08. The van der Waals surface area contributed by atoms with Crippen molar-refractivity contribution >= 4 is 21.6 Å². The molecule has 1 aromatic rings. The van der Waals surface area contributed by atoms with E-state index >= 15 is 0 Å². The van der Waals surface area contributed by atoms with Crippen LogP contribution in [0.4, 0.5) is 0 Å². The first-order valence-electron chi connectivity index (χ1n) is 4.31. The molecular formula is C8H13ClN2O3S. The number of hydrogen-bond acceptors (Lipinski definition) is 4. The van der Waals surface area contributed by atoms with Gasteiger partial charge in [-0.2, -0.15) is 0 Å². The first-order valence-corrected chi connectivity index (χ1v) is 6.53. The molecule has 0 aliphatic rings. The van der Waals surface area contributed by atoms with Gasteiger partial charge in [0.25, 0.3) is 0 Å². The van der Waals surface area contributed by atoms with Crippen LogP contribution in [0.2, 0.25) is 5.15 Å². The Labute approximate surface area is 93.5 Å². The highest BCUT2D eigenvalue weighted by Gasteiger charge is 2.15. The van der Waals surface area contributed by atoms with Gasteiger partial charge in [0.05, 0.1) is 6.26 Å². The van der Waals surface area contributed by atoms with Crippen LogP contribution in [0.5, 0.6) is 0 Å². The van der Waals surface area contributed by atoms with Crippen molar-refractivity contribution in [1.82, 2.24) is 3.97 Å². The number of halogens is 1. The molecule has 0 saturated heterocycles. The Kier molecular flexibility index (Phi) is 3.77. The van der Waals surface area contributed by atoms with E-state index in [1.807, 2.05) is 0 Å². The van der Waals surface area contributed by atoms with Gasteiger partial charge in [-0.05, 0) is 18.1 Å². The van der Waals surface area contributed by atoms with Gasteiger partial charge in [0.15, 0.2) is 0 Å². The topological polar surface area (TPSA) is 85.3 Å². The van der Waals surface area contributed by atoms with Crippen molar-refractivity contribution in [1.29, 1.82) is 0 Å². The van der Waals surface area contributed by atoms with Gasteiger partial charge in [-0.1, -0.05) is 11.6 Å². The zero-order valence-electron chi connectivity index (χ0n) is 8.22. The third-order valence-corrected chi connectivity index (χ3v) is 3.40. The van der Waals surface area contributed by atoms with E-state index in [1.54, 1.807) is 0 Å². The van der Waals surface area contributed by atoms with E-state index in [-0.39, 0.29) is 11.8 Å².